The van der Waals surface area contributed by atoms with Crippen LogP contribution >= 0.6 is 0 Å². The first-order valence-corrected chi connectivity index (χ1v) is 6.27. The van der Waals surface area contributed by atoms with Crippen molar-refractivity contribution in [1.82, 2.24) is 0 Å². The molecule has 0 amide bonds. The van der Waals surface area contributed by atoms with Crippen molar-refractivity contribution in [3.8, 4) is 0 Å². The fraction of sp³-hybridized carbons (Fsp3) is 0.692. The van der Waals surface area contributed by atoms with Gasteiger partial charge in [-0.15, -0.1) is 0 Å². The van der Waals surface area contributed by atoms with Crippen molar-refractivity contribution in [1.29, 1.82) is 0 Å². The maximum Gasteiger partial charge on any atom is 0.165 e. The summed E-state index contributed by atoms with van der Waals surface area (Å²) in [4.78, 5) is 23.4. The zero-order valence-corrected chi connectivity index (χ0v) is 10.3. The van der Waals surface area contributed by atoms with Crippen LogP contribution in [0.3, 0.4) is 0 Å². The summed E-state index contributed by atoms with van der Waals surface area (Å²) in [6.07, 6.45) is 0.710. The largest absolute Gasteiger partial charge is 0.394 e. The Hall–Kier alpha value is -1.04. The zero-order valence-electron chi connectivity index (χ0n) is 10.3. The van der Waals surface area contributed by atoms with E-state index in [1.165, 1.54) is 0 Å². The maximum absolute atomic E-state index is 11.9. The van der Waals surface area contributed by atoms with Crippen molar-refractivity contribution in [2.75, 3.05) is 6.61 Å². The van der Waals surface area contributed by atoms with Crippen LogP contribution in [0.2, 0.25) is 0 Å². The number of ketones is 2. The van der Waals surface area contributed by atoms with Gasteiger partial charge in [0, 0.05) is 6.42 Å². The fourth-order valence-corrected chi connectivity index (χ4v) is 2.58. The number of Topliss-reactive ketones (excluding diaryl/α,β-unsaturated/α-hetero) is 2. The molecule has 1 aliphatic heterocycles. The minimum atomic E-state index is -0.746. The first kappa shape index (κ1) is 13.4. The highest BCUT2D eigenvalue weighted by Gasteiger charge is 2.41. The number of hydrogen-bond donors (Lipinski definition) is 2. The third-order valence-electron chi connectivity index (χ3n) is 3.66. The van der Waals surface area contributed by atoms with E-state index in [-0.39, 0.29) is 24.6 Å². The summed E-state index contributed by atoms with van der Waals surface area (Å²) < 4.78 is 5.48. The molecule has 1 saturated heterocycles. The summed E-state index contributed by atoms with van der Waals surface area (Å²) in [7, 11) is 0. The van der Waals surface area contributed by atoms with Crippen LogP contribution in [0, 0.1) is 5.92 Å². The van der Waals surface area contributed by atoms with E-state index in [4.69, 9.17) is 9.84 Å². The van der Waals surface area contributed by atoms with E-state index in [0.717, 1.165) is 0 Å². The average molecular weight is 254 g/mol. The monoisotopic (exact) mass is 254 g/mol. The van der Waals surface area contributed by atoms with Crippen LogP contribution in [0.15, 0.2) is 11.6 Å². The summed E-state index contributed by atoms with van der Waals surface area (Å²) in [5.41, 5.74) is 0.658. The molecular formula is C13H18O5. The molecule has 0 spiro atoms. The van der Waals surface area contributed by atoms with Crippen molar-refractivity contribution in [2.24, 2.45) is 5.92 Å². The zero-order chi connectivity index (χ0) is 13.3. The molecule has 0 aromatic carbocycles. The molecule has 0 aromatic heterocycles. The van der Waals surface area contributed by atoms with Gasteiger partial charge in [-0.05, 0) is 12.0 Å². The highest BCUT2D eigenvalue weighted by molar-refractivity contribution is 6.11. The molecule has 0 bridgehead atoms. The van der Waals surface area contributed by atoms with E-state index in [1.54, 1.807) is 6.08 Å². The van der Waals surface area contributed by atoms with E-state index in [2.05, 4.69) is 0 Å². The van der Waals surface area contributed by atoms with E-state index >= 15 is 0 Å². The quantitative estimate of drug-likeness (QED) is 0.692. The van der Waals surface area contributed by atoms with E-state index < -0.39 is 24.2 Å². The molecule has 1 unspecified atom stereocenters. The molecule has 4 atom stereocenters. The number of carbonyl (C=O) groups is 2. The molecule has 0 saturated carbocycles. The average Bonchev–Trinajstić information content (AvgIpc) is 2.70. The van der Waals surface area contributed by atoms with Gasteiger partial charge < -0.3 is 14.9 Å². The van der Waals surface area contributed by atoms with Crippen molar-refractivity contribution in [3.05, 3.63) is 11.6 Å². The van der Waals surface area contributed by atoms with Gasteiger partial charge >= 0.3 is 0 Å². The van der Waals surface area contributed by atoms with Crippen LogP contribution in [0.25, 0.3) is 0 Å². The normalized spacial score (nSPS) is 36.9. The Morgan fingerprint density at radius 3 is 2.72 bits per heavy atom. The van der Waals surface area contributed by atoms with Crippen LogP contribution in [0.4, 0.5) is 0 Å². The molecule has 18 heavy (non-hydrogen) atoms. The number of ether oxygens (including phenoxy) is 1. The van der Waals surface area contributed by atoms with E-state index in [1.807, 2.05) is 6.92 Å². The minimum absolute atomic E-state index is 0.0793. The van der Waals surface area contributed by atoms with Gasteiger partial charge in [0.25, 0.3) is 0 Å². The van der Waals surface area contributed by atoms with Crippen LogP contribution in [-0.4, -0.2) is 46.7 Å². The standard InChI is InChI=1S/C13H18O5/c1-2-7-3-8(10(16)4-9(7)15)12-5-11(17)13(6-14)18-12/h3,8,11-14,17H,2,4-6H2,1H3/t8?,11-,12+,13+/m0/s1. The van der Waals surface area contributed by atoms with Crippen molar-refractivity contribution in [2.45, 2.75) is 44.5 Å². The lowest BCUT2D eigenvalue weighted by Gasteiger charge is -2.23. The summed E-state index contributed by atoms with van der Waals surface area (Å²) in [6, 6.07) is 0. The first-order chi connectivity index (χ1) is 8.56. The molecule has 2 rings (SSSR count). The van der Waals surface area contributed by atoms with Gasteiger partial charge in [-0.3, -0.25) is 9.59 Å². The Morgan fingerprint density at radius 1 is 1.44 bits per heavy atom. The molecule has 1 heterocycles. The number of aliphatic hydroxyl groups is 2. The molecule has 0 radical (unpaired) electrons. The van der Waals surface area contributed by atoms with Crippen molar-refractivity contribution in [3.63, 3.8) is 0 Å². The Bertz CT molecular complexity index is 387. The number of allylic oxidation sites excluding steroid dienone is 1. The second-order valence-corrected chi connectivity index (χ2v) is 4.84. The van der Waals surface area contributed by atoms with Gasteiger partial charge in [0.2, 0.25) is 0 Å². The molecule has 100 valence electrons. The van der Waals surface area contributed by atoms with E-state index in [0.29, 0.717) is 18.4 Å². The molecule has 5 heteroatoms. The summed E-state index contributed by atoms with van der Waals surface area (Å²) in [5, 5.41) is 18.7. The number of hydrogen-bond acceptors (Lipinski definition) is 5. The Morgan fingerprint density at radius 2 is 2.17 bits per heavy atom. The van der Waals surface area contributed by atoms with Crippen molar-refractivity contribution >= 4 is 11.6 Å². The first-order valence-electron chi connectivity index (χ1n) is 6.27. The lowest BCUT2D eigenvalue weighted by atomic mass is 9.83. The lowest BCUT2D eigenvalue weighted by Crippen LogP contribution is -2.33. The minimum Gasteiger partial charge on any atom is -0.394 e. The number of carbonyl (C=O) groups excluding carboxylic acids is 2. The second kappa shape index (κ2) is 5.30. The lowest BCUT2D eigenvalue weighted by molar-refractivity contribution is -0.131. The molecular weight excluding hydrogens is 236 g/mol. The van der Waals surface area contributed by atoms with Crippen LogP contribution in [-0.2, 0) is 14.3 Å². The highest BCUT2D eigenvalue weighted by Crippen LogP contribution is 2.31. The second-order valence-electron chi connectivity index (χ2n) is 4.84. The fourth-order valence-electron chi connectivity index (χ4n) is 2.58. The molecule has 1 aliphatic carbocycles. The highest BCUT2D eigenvalue weighted by atomic mass is 16.5. The third-order valence-corrected chi connectivity index (χ3v) is 3.66. The van der Waals surface area contributed by atoms with Crippen LogP contribution < -0.4 is 0 Å². The Balaban J connectivity index is 2.15. The van der Waals surface area contributed by atoms with Crippen molar-refractivity contribution < 1.29 is 24.5 Å². The molecule has 5 nitrogen and oxygen atoms in total. The Kier molecular flexibility index (Phi) is 3.94. The molecule has 0 aromatic rings. The summed E-state index contributed by atoms with van der Waals surface area (Å²) in [6.45, 7) is 1.61. The van der Waals surface area contributed by atoms with Gasteiger partial charge in [-0.25, -0.2) is 0 Å². The maximum atomic E-state index is 11.9. The smallest absolute Gasteiger partial charge is 0.165 e. The summed E-state index contributed by atoms with van der Waals surface area (Å²) in [5.74, 6) is -0.743. The SMILES string of the molecule is CCC1=CC([C@H]2C[C@H](O)[C@@H](CO)O2)C(=O)CC1=O. The number of aliphatic hydroxyl groups excluding tert-OH is 2. The molecule has 2 aliphatic rings. The Labute approximate surface area is 105 Å². The third kappa shape index (κ3) is 2.39. The predicted molar refractivity (Wildman–Crippen MR) is 62.9 cm³/mol. The van der Waals surface area contributed by atoms with E-state index in [9.17, 15) is 14.7 Å². The van der Waals surface area contributed by atoms with Gasteiger partial charge in [-0.1, -0.05) is 13.0 Å². The molecule has 2 N–H and O–H groups in total. The topological polar surface area (TPSA) is 83.8 Å². The van der Waals surface area contributed by atoms with Gasteiger partial charge in [0.05, 0.1) is 31.2 Å². The van der Waals surface area contributed by atoms with Crippen LogP contribution in [0.1, 0.15) is 26.2 Å². The van der Waals surface area contributed by atoms with Crippen LogP contribution in [0.5, 0.6) is 0 Å². The predicted octanol–water partition coefficient (Wildman–Crippen LogP) is -0.00840. The van der Waals surface area contributed by atoms with Gasteiger partial charge in [0.15, 0.2) is 5.78 Å². The van der Waals surface area contributed by atoms with Gasteiger partial charge in [-0.2, -0.15) is 0 Å². The number of rotatable bonds is 3. The van der Waals surface area contributed by atoms with Gasteiger partial charge in [0.1, 0.15) is 11.9 Å². The molecule has 1 fully saturated rings. The summed E-state index contributed by atoms with van der Waals surface area (Å²) >= 11 is 0.